The Morgan fingerprint density at radius 2 is 1.32 bits per heavy atom. The maximum Gasteiger partial charge on any atom is 0.321 e. The van der Waals surface area contributed by atoms with Crippen molar-refractivity contribution in [1.82, 2.24) is 0 Å². The van der Waals surface area contributed by atoms with Gasteiger partial charge in [0, 0.05) is 6.42 Å². The van der Waals surface area contributed by atoms with Gasteiger partial charge in [-0.15, -0.1) is 0 Å². The molecule has 0 atom stereocenters. The molecule has 0 saturated heterocycles. The predicted molar refractivity (Wildman–Crippen MR) is 90.5 cm³/mol. The first-order valence-corrected chi connectivity index (χ1v) is 8.99. The standard InChI is InChI=1S/C18H36O4/c1-5-9-11-12-17(20-13-7-3)18(21-14-8-4)22-16-19-15-10-6-2/h5-16H2,1-4H3/b18-17-. The van der Waals surface area contributed by atoms with Crippen molar-refractivity contribution in [2.75, 3.05) is 26.6 Å². The lowest BCUT2D eigenvalue weighted by atomic mass is 10.2. The second-order valence-corrected chi connectivity index (χ2v) is 5.39. The Bertz CT molecular complexity index is 264. The zero-order valence-corrected chi connectivity index (χ0v) is 15.1. The van der Waals surface area contributed by atoms with Gasteiger partial charge in [0.05, 0.1) is 19.8 Å². The van der Waals surface area contributed by atoms with Gasteiger partial charge in [0.2, 0.25) is 0 Å². The Kier molecular flexibility index (Phi) is 15.8. The van der Waals surface area contributed by atoms with E-state index in [1.54, 1.807) is 0 Å². The summed E-state index contributed by atoms with van der Waals surface area (Å²) in [5, 5.41) is 0. The molecule has 4 heteroatoms. The summed E-state index contributed by atoms with van der Waals surface area (Å²) in [7, 11) is 0. The summed E-state index contributed by atoms with van der Waals surface area (Å²) in [5.74, 6) is 1.35. The van der Waals surface area contributed by atoms with Crippen molar-refractivity contribution in [2.45, 2.75) is 79.1 Å². The van der Waals surface area contributed by atoms with Crippen LogP contribution in [0.2, 0.25) is 0 Å². The molecule has 132 valence electrons. The molecule has 0 aromatic heterocycles. The number of allylic oxidation sites excluding steroid dienone is 1. The highest BCUT2D eigenvalue weighted by molar-refractivity contribution is 4.95. The minimum absolute atomic E-state index is 0.228. The maximum atomic E-state index is 5.85. The minimum atomic E-state index is 0.228. The molecule has 0 spiro atoms. The lowest BCUT2D eigenvalue weighted by molar-refractivity contribution is -0.0839. The van der Waals surface area contributed by atoms with E-state index in [-0.39, 0.29) is 6.79 Å². The molecule has 0 aliphatic carbocycles. The third-order valence-corrected chi connectivity index (χ3v) is 3.07. The second kappa shape index (κ2) is 16.5. The van der Waals surface area contributed by atoms with Gasteiger partial charge in [-0.1, -0.05) is 47.0 Å². The van der Waals surface area contributed by atoms with Gasteiger partial charge in [0.1, 0.15) is 0 Å². The Labute approximate surface area is 137 Å². The quantitative estimate of drug-likeness (QED) is 0.218. The number of rotatable bonds is 16. The molecule has 4 nitrogen and oxygen atoms in total. The highest BCUT2D eigenvalue weighted by atomic mass is 16.7. The van der Waals surface area contributed by atoms with E-state index in [2.05, 4.69) is 27.7 Å². The summed E-state index contributed by atoms with van der Waals surface area (Å²) in [6, 6.07) is 0. The lowest BCUT2D eigenvalue weighted by Gasteiger charge is -2.17. The van der Waals surface area contributed by atoms with Gasteiger partial charge in [0.25, 0.3) is 0 Å². The topological polar surface area (TPSA) is 36.9 Å². The monoisotopic (exact) mass is 316 g/mol. The number of unbranched alkanes of at least 4 members (excludes halogenated alkanes) is 3. The predicted octanol–water partition coefficient (Wildman–Crippen LogP) is 5.38. The van der Waals surface area contributed by atoms with Gasteiger partial charge in [-0.25, -0.2) is 0 Å². The van der Waals surface area contributed by atoms with Crippen molar-refractivity contribution in [3.8, 4) is 0 Å². The van der Waals surface area contributed by atoms with Crippen molar-refractivity contribution in [2.24, 2.45) is 0 Å². The molecular formula is C18H36O4. The molecular weight excluding hydrogens is 280 g/mol. The minimum Gasteiger partial charge on any atom is -0.491 e. The zero-order chi connectivity index (χ0) is 16.5. The fourth-order valence-electron chi connectivity index (χ4n) is 1.79. The van der Waals surface area contributed by atoms with Crippen molar-refractivity contribution in [3.05, 3.63) is 11.7 Å². The van der Waals surface area contributed by atoms with Crippen LogP contribution in [-0.4, -0.2) is 26.6 Å². The average molecular weight is 316 g/mol. The van der Waals surface area contributed by atoms with Crippen LogP contribution in [-0.2, 0) is 18.9 Å². The van der Waals surface area contributed by atoms with Crippen LogP contribution in [0.15, 0.2) is 11.7 Å². The molecule has 0 fully saturated rings. The summed E-state index contributed by atoms with van der Waals surface area (Å²) in [6.45, 7) is 10.8. The summed E-state index contributed by atoms with van der Waals surface area (Å²) in [5.41, 5.74) is 0. The molecule has 0 aliphatic heterocycles. The molecule has 0 N–H and O–H groups in total. The normalized spacial score (nSPS) is 12.0. The van der Waals surface area contributed by atoms with E-state index in [9.17, 15) is 0 Å². The van der Waals surface area contributed by atoms with Crippen LogP contribution < -0.4 is 0 Å². The number of hydrogen-bond donors (Lipinski definition) is 0. The van der Waals surface area contributed by atoms with Gasteiger partial charge >= 0.3 is 5.95 Å². The number of hydrogen-bond acceptors (Lipinski definition) is 4. The third-order valence-electron chi connectivity index (χ3n) is 3.07. The van der Waals surface area contributed by atoms with E-state index in [1.165, 1.54) is 12.8 Å². The molecule has 0 radical (unpaired) electrons. The van der Waals surface area contributed by atoms with Crippen molar-refractivity contribution >= 4 is 0 Å². The maximum absolute atomic E-state index is 5.85. The molecule has 0 amide bonds. The fourth-order valence-corrected chi connectivity index (χ4v) is 1.79. The molecule has 0 rings (SSSR count). The molecule has 0 heterocycles. The van der Waals surface area contributed by atoms with Crippen LogP contribution in [0.1, 0.15) is 79.1 Å². The number of ether oxygens (including phenoxy) is 4. The lowest BCUT2D eigenvalue weighted by Crippen LogP contribution is -2.10. The first-order valence-electron chi connectivity index (χ1n) is 8.99. The summed E-state index contributed by atoms with van der Waals surface area (Å²) < 4.78 is 22.8. The molecule has 0 aliphatic rings. The van der Waals surface area contributed by atoms with Crippen LogP contribution in [0.25, 0.3) is 0 Å². The highest BCUT2D eigenvalue weighted by Gasteiger charge is 2.12. The van der Waals surface area contributed by atoms with Crippen LogP contribution in [0.4, 0.5) is 0 Å². The summed E-state index contributed by atoms with van der Waals surface area (Å²) >= 11 is 0. The van der Waals surface area contributed by atoms with Crippen LogP contribution >= 0.6 is 0 Å². The van der Waals surface area contributed by atoms with Crippen LogP contribution in [0.5, 0.6) is 0 Å². The fraction of sp³-hybridized carbons (Fsp3) is 0.889. The van der Waals surface area contributed by atoms with E-state index in [4.69, 9.17) is 18.9 Å². The summed E-state index contributed by atoms with van der Waals surface area (Å²) in [6.07, 6.45) is 8.42. The van der Waals surface area contributed by atoms with E-state index >= 15 is 0 Å². The molecule has 0 bridgehead atoms. The molecule has 0 aromatic rings. The molecule has 0 unspecified atom stereocenters. The first-order chi connectivity index (χ1) is 10.8. The van der Waals surface area contributed by atoms with Crippen molar-refractivity contribution in [3.63, 3.8) is 0 Å². The van der Waals surface area contributed by atoms with Gasteiger partial charge in [-0.05, 0) is 25.7 Å². The van der Waals surface area contributed by atoms with Crippen molar-refractivity contribution < 1.29 is 18.9 Å². The highest BCUT2D eigenvalue weighted by Crippen LogP contribution is 2.18. The van der Waals surface area contributed by atoms with E-state index < -0.39 is 0 Å². The van der Waals surface area contributed by atoms with E-state index in [0.717, 1.165) is 50.9 Å². The largest absolute Gasteiger partial charge is 0.491 e. The Balaban J connectivity index is 4.55. The first kappa shape index (κ1) is 21.1. The van der Waals surface area contributed by atoms with Gasteiger partial charge in [-0.3, -0.25) is 0 Å². The molecule has 22 heavy (non-hydrogen) atoms. The third kappa shape index (κ3) is 11.7. The van der Waals surface area contributed by atoms with Crippen LogP contribution in [0.3, 0.4) is 0 Å². The smallest absolute Gasteiger partial charge is 0.321 e. The van der Waals surface area contributed by atoms with Crippen LogP contribution in [0, 0.1) is 0 Å². The average Bonchev–Trinajstić information content (AvgIpc) is 2.54. The summed E-state index contributed by atoms with van der Waals surface area (Å²) in [4.78, 5) is 0. The Morgan fingerprint density at radius 1 is 0.636 bits per heavy atom. The van der Waals surface area contributed by atoms with E-state index in [0.29, 0.717) is 19.2 Å². The Hall–Kier alpha value is -0.900. The van der Waals surface area contributed by atoms with E-state index in [1.807, 2.05) is 0 Å². The second-order valence-electron chi connectivity index (χ2n) is 5.39. The van der Waals surface area contributed by atoms with Gasteiger partial charge < -0.3 is 18.9 Å². The SMILES string of the molecule is CCCCC/C(OCCC)=C(\OCCC)OCOCCCC. The van der Waals surface area contributed by atoms with Gasteiger partial charge in [-0.2, -0.15) is 0 Å². The van der Waals surface area contributed by atoms with Crippen molar-refractivity contribution in [1.29, 1.82) is 0 Å². The zero-order valence-electron chi connectivity index (χ0n) is 15.1. The molecule has 0 aromatic carbocycles. The van der Waals surface area contributed by atoms with Gasteiger partial charge in [0.15, 0.2) is 12.6 Å². The Morgan fingerprint density at radius 3 is 1.95 bits per heavy atom. The molecule has 0 saturated carbocycles.